The quantitative estimate of drug-likeness (QED) is 0.181. The predicted octanol–water partition coefficient (Wildman–Crippen LogP) is 10.4. The van der Waals surface area contributed by atoms with Crippen molar-refractivity contribution in [2.75, 3.05) is 11.4 Å². The Morgan fingerprint density at radius 2 is 1.66 bits per heavy atom. The van der Waals surface area contributed by atoms with Crippen molar-refractivity contribution in [1.29, 1.82) is 0 Å². The number of hydrogen-bond donors (Lipinski definition) is 1. The highest BCUT2D eigenvalue weighted by molar-refractivity contribution is 6.22. The standard InChI is InChI=1S/C52H45N5O2/c1-7-14-42-36-16-10-12-17-37(29-36)52(5,6)45(42)27-28-57(39-24-26-41(34(9-3)30-39)40-18-13-11-15-33(40)8-2)38-22-20-35(21-23-38)44-31-46-49(56-51(59)54-46)47-43(44)25-19-32(4)48(47)55-50(53)58/h1,10-27,30-31H,4,8-9,28-29H2,2-3,5-6H3,(H2,53,58)/b42-14-,45-27+,55-48+. The minimum absolute atomic E-state index is 0.243. The van der Waals surface area contributed by atoms with Crippen molar-refractivity contribution in [2.24, 2.45) is 26.1 Å². The number of nitrogens with two attached hydrogens (primary N) is 1. The molecule has 7 nitrogen and oxygen atoms in total. The highest BCUT2D eigenvalue weighted by Crippen LogP contribution is 2.50. The van der Waals surface area contributed by atoms with Crippen molar-refractivity contribution in [3.8, 4) is 34.6 Å². The molecule has 290 valence electrons. The maximum atomic E-state index is 12.5. The fraction of sp³-hybridized carbons (Fsp3) is 0.173. The number of hydrogen-bond acceptors (Lipinski definition) is 3. The first kappa shape index (κ1) is 38.7. The number of benzene rings is 4. The Kier molecular flexibility index (Phi) is 10.3. The van der Waals surface area contributed by atoms with Gasteiger partial charge in [0.05, 0.1) is 11.1 Å². The molecule has 0 radical (unpaired) electrons. The van der Waals surface area contributed by atoms with E-state index in [-0.39, 0.29) is 11.1 Å². The van der Waals surface area contributed by atoms with Gasteiger partial charge in [0.1, 0.15) is 5.36 Å². The Morgan fingerprint density at radius 3 is 2.41 bits per heavy atom. The zero-order chi connectivity index (χ0) is 41.4. The smallest absolute Gasteiger partial charge is 0.350 e. The van der Waals surface area contributed by atoms with Crippen LogP contribution in [0.4, 0.5) is 21.0 Å². The Hall–Kier alpha value is -7.17. The van der Waals surface area contributed by atoms with Crippen LogP contribution in [0.25, 0.3) is 28.3 Å². The molecular weight excluding hydrogens is 727 g/mol. The van der Waals surface area contributed by atoms with E-state index in [9.17, 15) is 9.59 Å². The summed E-state index contributed by atoms with van der Waals surface area (Å²) >= 11 is 0. The van der Waals surface area contributed by atoms with Crippen LogP contribution < -0.4 is 21.3 Å². The molecule has 8 rings (SSSR count). The lowest BCUT2D eigenvalue weighted by Crippen LogP contribution is -2.33. The SMILES string of the molecule is C#C/C=C1/C2=CC=CC=C(C2)C(C)(C)/C1=C/CN(c1ccc(-c2cc3c(c4c2C=CC(=C)/C4=N\C(N)=O)=NC(=O)N=3)cc1)c1ccc(-c2ccccc2CC)c(CC)c1. The van der Waals surface area contributed by atoms with Crippen LogP contribution in [-0.4, -0.2) is 24.3 Å². The molecule has 4 aromatic rings. The second-order valence-electron chi connectivity index (χ2n) is 15.5. The van der Waals surface area contributed by atoms with Gasteiger partial charge in [0.2, 0.25) is 0 Å². The molecule has 1 saturated carbocycles. The average molecular weight is 772 g/mol. The van der Waals surface area contributed by atoms with Crippen LogP contribution in [0.5, 0.6) is 0 Å². The first-order chi connectivity index (χ1) is 28.5. The van der Waals surface area contributed by atoms with E-state index in [1.54, 1.807) is 6.08 Å². The van der Waals surface area contributed by atoms with Crippen LogP contribution in [0.1, 0.15) is 56.4 Å². The summed E-state index contributed by atoms with van der Waals surface area (Å²) in [4.78, 5) is 39.3. The molecule has 4 aromatic carbocycles. The Morgan fingerprint density at radius 1 is 0.932 bits per heavy atom. The van der Waals surface area contributed by atoms with Crippen molar-refractivity contribution >= 4 is 35.2 Å². The van der Waals surface area contributed by atoms with Crippen molar-refractivity contribution in [3.63, 3.8) is 0 Å². The number of anilines is 2. The second kappa shape index (κ2) is 15.6. The maximum absolute atomic E-state index is 12.5. The van der Waals surface area contributed by atoms with Gasteiger partial charge < -0.3 is 10.6 Å². The number of allylic oxidation sites excluding steroid dienone is 11. The monoisotopic (exact) mass is 771 g/mol. The molecule has 0 unspecified atom stereocenters. The van der Waals surface area contributed by atoms with E-state index < -0.39 is 12.1 Å². The number of urea groups is 2. The summed E-state index contributed by atoms with van der Waals surface area (Å²) in [5.74, 6) is 2.83. The lowest BCUT2D eigenvalue weighted by atomic mass is 9.65. The lowest BCUT2D eigenvalue weighted by molar-refractivity contribution is 0.256. The van der Waals surface area contributed by atoms with Crippen LogP contribution in [0.15, 0.2) is 165 Å². The molecule has 4 amide bonds. The summed E-state index contributed by atoms with van der Waals surface area (Å²) < 4.78 is 0. The van der Waals surface area contributed by atoms with Gasteiger partial charge in [0.25, 0.3) is 0 Å². The molecule has 0 saturated heterocycles. The highest BCUT2D eigenvalue weighted by atomic mass is 16.2. The Bertz CT molecular complexity index is 2890. The van der Waals surface area contributed by atoms with Gasteiger partial charge in [-0.15, -0.1) is 6.42 Å². The number of amides is 4. The number of carbonyl (C=O) groups is 2. The maximum Gasteiger partial charge on any atom is 0.368 e. The third-order valence-electron chi connectivity index (χ3n) is 11.8. The number of primary amides is 1. The number of carbonyl (C=O) groups excluding carboxylic acids is 2. The van der Waals surface area contributed by atoms with Crippen LogP contribution in [0, 0.1) is 17.8 Å². The van der Waals surface area contributed by atoms with E-state index in [1.807, 2.05) is 18.2 Å². The van der Waals surface area contributed by atoms with E-state index in [0.717, 1.165) is 52.9 Å². The van der Waals surface area contributed by atoms with Gasteiger partial charge in [0, 0.05) is 28.9 Å². The fourth-order valence-corrected chi connectivity index (χ4v) is 8.75. The molecule has 1 fully saturated rings. The number of nitrogens with zero attached hydrogens (tertiary/aromatic N) is 4. The van der Waals surface area contributed by atoms with Crippen molar-refractivity contribution in [1.82, 2.24) is 0 Å². The molecule has 3 aliphatic carbocycles. The van der Waals surface area contributed by atoms with Crippen LogP contribution in [0.3, 0.4) is 0 Å². The topological polar surface area (TPSA) is 100 Å². The summed E-state index contributed by atoms with van der Waals surface area (Å²) in [6, 6.07) is 24.2. The number of aryl methyl sites for hydroxylation is 2. The number of terminal acetylenes is 1. The summed E-state index contributed by atoms with van der Waals surface area (Å²) in [6.07, 6.45) is 25.2. The first-order valence-corrected chi connectivity index (χ1v) is 20.0. The summed E-state index contributed by atoms with van der Waals surface area (Å²) in [5.41, 5.74) is 21.1. The minimum Gasteiger partial charge on any atom is -0.350 e. The van der Waals surface area contributed by atoms with Crippen LogP contribution in [-0.2, 0) is 12.8 Å². The molecular formula is C52H45N5O2. The van der Waals surface area contributed by atoms with Gasteiger partial charge in [0.15, 0.2) is 0 Å². The second-order valence-corrected chi connectivity index (χ2v) is 15.5. The number of aliphatic imine (C=N–C) groups is 1. The van der Waals surface area contributed by atoms with Gasteiger partial charge in [-0.3, -0.25) is 0 Å². The van der Waals surface area contributed by atoms with Gasteiger partial charge in [-0.2, -0.15) is 15.0 Å². The van der Waals surface area contributed by atoms with Gasteiger partial charge in [-0.05, 0) is 117 Å². The zero-order valence-electron chi connectivity index (χ0n) is 33.8. The summed E-state index contributed by atoms with van der Waals surface area (Å²) in [6.45, 7) is 13.6. The number of fused-ring (bicyclic) bond motifs is 5. The van der Waals surface area contributed by atoms with E-state index in [4.69, 9.17) is 12.2 Å². The molecule has 1 heterocycles. The molecule has 0 atom stereocenters. The summed E-state index contributed by atoms with van der Waals surface area (Å²) in [7, 11) is 0. The Labute approximate surface area is 345 Å². The van der Waals surface area contributed by atoms with E-state index in [0.29, 0.717) is 28.4 Å². The molecule has 2 N–H and O–H groups in total. The lowest BCUT2D eigenvalue weighted by Gasteiger charge is -2.39. The summed E-state index contributed by atoms with van der Waals surface area (Å²) in [5, 5.41) is 0.767. The highest BCUT2D eigenvalue weighted by Gasteiger charge is 2.36. The fourth-order valence-electron chi connectivity index (χ4n) is 8.75. The van der Waals surface area contributed by atoms with Crippen molar-refractivity contribution < 1.29 is 9.59 Å². The van der Waals surface area contributed by atoms with Gasteiger partial charge in [-0.1, -0.05) is 131 Å². The molecule has 2 bridgehead atoms. The third-order valence-corrected chi connectivity index (χ3v) is 11.8. The van der Waals surface area contributed by atoms with Gasteiger partial charge >= 0.3 is 12.1 Å². The van der Waals surface area contributed by atoms with E-state index in [1.165, 1.54) is 39.0 Å². The molecule has 59 heavy (non-hydrogen) atoms. The first-order valence-electron chi connectivity index (χ1n) is 20.0. The molecule has 0 aromatic heterocycles. The average Bonchev–Trinajstić information content (AvgIpc) is 3.45. The largest absolute Gasteiger partial charge is 0.368 e. The molecule has 7 heteroatoms. The zero-order valence-corrected chi connectivity index (χ0v) is 33.8. The predicted molar refractivity (Wildman–Crippen MR) is 240 cm³/mol. The molecule has 0 spiro atoms. The van der Waals surface area contributed by atoms with E-state index >= 15 is 0 Å². The van der Waals surface area contributed by atoms with Gasteiger partial charge in [-0.25, -0.2) is 9.59 Å². The molecule has 1 aliphatic heterocycles. The van der Waals surface area contributed by atoms with Crippen LogP contribution in [0.2, 0.25) is 0 Å². The molecule has 4 aliphatic rings. The Balaban J connectivity index is 1.27. The normalized spacial score (nSPS) is 18.1. The number of rotatable bonds is 8. The van der Waals surface area contributed by atoms with Crippen molar-refractivity contribution in [3.05, 3.63) is 183 Å². The van der Waals surface area contributed by atoms with Crippen LogP contribution >= 0.6 is 0 Å². The van der Waals surface area contributed by atoms with Crippen molar-refractivity contribution in [2.45, 2.75) is 47.0 Å². The van der Waals surface area contributed by atoms with E-state index in [2.05, 4.69) is 157 Å². The minimum atomic E-state index is -0.863. The third kappa shape index (κ3) is 7.08.